The van der Waals surface area contributed by atoms with Gasteiger partial charge in [0.1, 0.15) is 11.8 Å². The van der Waals surface area contributed by atoms with Crippen LogP contribution in [0.5, 0.6) is 5.75 Å². The van der Waals surface area contributed by atoms with Crippen molar-refractivity contribution >= 4 is 11.7 Å². The van der Waals surface area contributed by atoms with Gasteiger partial charge in [-0.3, -0.25) is 9.59 Å². The highest BCUT2D eigenvalue weighted by molar-refractivity contribution is 5.98. The van der Waals surface area contributed by atoms with Crippen LogP contribution in [0.25, 0.3) is 0 Å². The van der Waals surface area contributed by atoms with Crippen LogP contribution in [0.2, 0.25) is 0 Å². The lowest BCUT2D eigenvalue weighted by Gasteiger charge is -2.32. The minimum atomic E-state index is -1.06. The van der Waals surface area contributed by atoms with Crippen molar-refractivity contribution in [2.24, 2.45) is 5.73 Å². The van der Waals surface area contributed by atoms with Gasteiger partial charge < -0.3 is 20.8 Å². The number of nitrogens with zero attached hydrogens (tertiary/aromatic N) is 1. The van der Waals surface area contributed by atoms with Gasteiger partial charge in [-0.25, -0.2) is 0 Å². The lowest BCUT2D eigenvalue weighted by molar-refractivity contribution is -0.141. The lowest BCUT2D eigenvalue weighted by atomic mass is 10.00. The molecule has 0 aliphatic heterocycles. The van der Waals surface area contributed by atoms with Gasteiger partial charge in [0.05, 0.1) is 19.1 Å². The molecule has 165 valence electrons. The summed E-state index contributed by atoms with van der Waals surface area (Å²) in [5, 5.41) is 19.5. The van der Waals surface area contributed by atoms with Crippen molar-refractivity contribution in [3.05, 3.63) is 108 Å². The van der Waals surface area contributed by atoms with Crippen molar-refractivity contribution in [2.75, 3.05) is 6.61 Å². The summed E-state index contributed by atoms with van der Waals surface area (Å²) in [6, 6.07) is 22.8. The molecule has 32 heavy (non-hydrogen) atoms. The van der Waals surface area contributed by atoms with E-state index in [9.17, 15) is 19.8 Å². The van der Waals surface area contributed by atoms with E-state index < -0.39 is 24.6 Å². The molecule has 2 atom stereocenters. The Morgan fingerprint density at radius 2 is 1.47 bits per heavy atom. The number of nitrogens with two attached hydrogens (primary N) is 1. The van der Waals surface area contributed by atoms with E-state index in [4.69, 9.17) is 5.73 Å². The lowest BCUT2D eigenvalue weighted by Crippen LogP contribution is -2.53. The molecule has 0 saturated heterocycles. The molecule has 0 spiro atoms. The monoisotopic (exact) mass is 431 g/mol. The zero-order chi connectivity index (χ0) is 22.9. The maximum absolute atomic E-state index is 13.4. The van der Waals surface area contributed by atoms with E-state index in [0.29, 0.717) is 5.56 Å². The molecule has 1 radical (unpaired) electrons. The topological polar surface area (TPSA) is 104 Å². The van der Waals surface area contributed by atoms with E-state index in [2.05, 4.69) is 0 Å². The van der Waals surface area contributed by atoms with Gasteiger partial charge in [0.15, 0.2) is 5.78 Å². The van der Waals surface area contributed by atoms with Crippen molar-refractivity contribution in [1.82, 2.24) is 4.90 Å². The number of aliphatic hydroxyl groups excluding tert-OH is 1. The fraction of sp³-hybridized carbons (Fsp3) is 0.192. The molecular formula is C26H27N2O4. The molecule has 4 N–H and O–H groups in total. The minimum Gasteiger partial charge on any atom is -0.508 e. The third kappa shape index (κ3) is 6.26. The first kappa shape index (κ1) is 23.2. The fourth-order valence-electron chi connectivity index (χ4n) is 3.46. The van der Waals surface area contributed by atoms with Crippen molar-refractivity contribution < 1.29 is 19.8 Å². The highest BCUT2D eigenvalue weighted by Gasteiger charge is 2.32. The largest absolute Gasteiger partial charge is 0.508 e. The third-order valence-corrected chi connectivity index (χ3v) is 5.17. The Balaban J connectivity index is 1.82. The number of ketones is 1. The molecule has 0 aromatic heterocycles. The molecule has 0 fully saturated rings. The molecule has 0 aliphatic carbocycles. The Bertz CT molecular complexity index is 1010. The summed E-state index contributed by atoms with van der Waals surface area (Å²) in [5.74, 6) is -0.683. The fourth-order valence-corrected chi connectivity index (χ4v) is 3.46. The van der Waals surface area contributed by atoms with Gasteiger partial charge >= 0.3 is 0 Å². The molecular weight excluding hydrogens is 404 g/mol. The predicted octanol–water partition coefficient (Wildman–Crippen LogP) is 2.47. The second-order valence-electron chi connectivity index (χ2n) is 7.58. The Morgan fingerprint density at radius 1 is 0.875 bits per heavy atom. The molecule has 3 aromatic rings. The number of aliphatic hydroxyl groups is 1. The Labute approximate surface area is 187 Å². The first-order valence-electron chi connectivity index (χ1n) is 10.4. The van der Waals surface area contributed by atoms with E-state index in [1.165, 1.54) is 23.5 Å². The maximum atomic E-state index is 13.4. The van der Waals surface area contributed by atoms with Gasteiger partial charge in [-0.15, -0.1) is 0 Å². The van der Waals surface area contributed by atoms with Gasteiger partial charge in [-0.1, -0.05) is 72.8 Å². The summed E-state index contributed by atoms with van der Waals surface area (Å²) in [6.07, 6.45) is 1.66. The van der Waals surface area contributed by atoms with Gasteiger partial charge in [0.25, 0.3) is 0 Å². The molecule has 6 nitrogen and oxygen atoms in total. The number of phenolic OH excluding ortho intramolecular Hbond substituents is 1. The number of carbonyl (C=O) groups is 2. The second kappa shape index (κ2) is 11.2. The normalized spacial score (nSPS) is 12.7. The molecule has 0 unspecified atom stereocenters. The van der Waals surface area contributed by atoms with Crippen LogP contribution in [0.15, 0.2) is 84.9 Å². The number of amides is 1. The summed E-state index contributed by atoms with van der Waals surface area (Å²) in [7, 11) is 0. The van der Waals surface area contributed by atoms with Crippen LogP contribution < -0.4 is 5.73 Å². The highest BCUT2D eigenvalue weighted by atomic mass is 16.3. The average Bonchev–Trinajstić information content (AvgIpc) is 2.81. The molecule has 1 amide bonds. The van der Waals surface area contributed by atoms with E-state index in [0.717, 1.165) is 11.1 Å². The van der Waals surface area contributed by atoms with E-state index in [1.807, 2.05) is 48.5 Å². The first-order valence-corrected chi connectivity index (χ1v) is 10.4. The Hall–Kier alpha value is -3.48. The number of phenols is 1. The number of carbonyl (C=O) groups excluding carboxylic acids is 2. The zero-order valence-electron chi connectivity index (χ0n) is 17.7. The van der Waals surface area contributed by atoms with Crippen LogP contribution in [0, 0.1) is 6.42 Å². The number of aromatic hydroxyl groups is 1. The second-order valence-corrected chi connectivity index (χ2v) is 7.58. The predicted molar refractivity (Wildman–Crippen MR) is 123 cm³/mol. The minimum absolute atomic E-state index is 0.127. The molecule has 6 heteroatoms. The number of Topliss-reactive ketones (excluding diaryl/α,β-unsaturated/α-hetero) is 1. The summed E-state index contributed by atoms with van der Waals surface area (Å²) in [4.78, 5) is 27.7. The van der Waals surface area contributed by atoms with Gasteiger partial charge in [-0.2, -0.15) is 0 Å². The van der Waals surface area contributed by atoms with Crippen molar-refractivity contribution in [3.63, 3.8) is 0 Å². The van der Waals surface area contributed by atoms with Crippen LogP contribution in [-0.4, -0.2) is 45.5 Å². The van der Waals surface area contributed by atoms with Crippen LogP contribution >= 0.6 is 0 Å². The summed E-state index contributed by atoms with van der Waals surface area (Å²) < 4.78 is 0. The van der Waals surface area contributed by atoms with Gasteiger partial charge in [0.2, 0.25) is 5.91 Å². The standard InChI is InChI=1S/C26H27N2O4/c27-23(15-20-11-13-22(30)14-12-20)26(32)28(17-21-9-5-2-6-10-21)24(18-29)25(31)16-19-7-3-1-4-8-19/h1-14,16,23-24,29-30H,15,17-18,27H2/t23-,24-/m0/s1. The van der Waals surface area contributed by atoms with Crippen LogP contribution in [-0.2, 0) is 22.6 Å². The van der Waals surface area contributed by atoms with Gasteiger partial charge in [-0.05, 0) is 35.2 Å². The molecule has 0 aliphatic rings. The summed E-state index contributed by atoms with van der Waals surface area (Å²) in [6.45, 7) is -0.380. The number of hydrogen-bond acceptors (Lipinski definition) is 5. The summed E-state index contributed by atoms with van der Waals surface area (Å²) >= 11 is 0. The average molecular weight is 432 g/mol. The van der Waals surface area contributed by atoms with Crippen LogP contribution in [0.3, 0.4) is 0 Å². The summed E-state index contributed by atoms with van der Waals surface area (Å²) in [5.41, 5.74) is 8.53. The number of rotatable bonds is 10. The number of hydrogen-bond donors (Lipinski definition) is 3. The third-order valence-electron chi connectivity index (χ3n) is 5.17. The Morgan fingerprint density at radius 3 is 2.06 bits per heavy atom. The highest BCUT2D eigenvalue weighted by Crippen LogP contribution is 2.17. The van der Waals surface area contributed by atoms with Crippen molar-refractivity contribution in [3.8, 4) is 5.75 Å². The molecule has 3 rings (SSSR count). The molecule has 0 heterocycles. The van der Waals surface area contributed by atoms with Crippen LogP contribution in [0.1, 0.15) is 16.7 Å². The van der Waals surface area contributed by atoms with Crippen molar-refractivity contribution in [2.45, 2.75) is 25.0 Å². The molecule has 0 bridgehead atoms. The van der Waals surface area contributed by atoms with Crippen molar-refractivity contribution in [1.29, 1.82) is 0 Å². The van der Waals surface area contributed by atoms with E-state index in [1.54, 1.807) is 24.3 Å². The maximum Gasteiger partial charge on any atom is 0.240 e. The number of benzene rings is 3. The van der Waals surface area contributed by atoms with Gasteiger partial charge in [0, 0.05) is 6.54 Å². The molecule has 3 aromatic carbocycles. The molecule has 0 saturated carbocycles. The quantitative estimate of drug-likeness (QED) is 0.458. The van der Waals surface area contributed by atoms with E-state index >= 15 is 0 Å². The van der Waals surface area contributed by atoms with Crippen LogP contribution in [0.4, 0.5) is 0 Å². The Kier molecular flexibility index (Phi) is 8.14. The zero-order valence-corrected chi connectivity index (χ0v) is 17.7. The van der Waals surface area contributed by atoms with E-state index in [-0.39, 0.29) is 24.5 Å². The SMILES string of the molecule is N[C@@H](Cc1ccc(O)cc1)C(=O)N(Cc1ccccc1)[C@@H](CO)C(=O)[CH]c1ccccc1. The first-order chi connectivity index (χ1) is 15.5. The smallest absolute Gasteiger partial charge is 0.240 e.